The molecular weight excluding hydrogens is 256 g/mol. The van der Waals surface area contributed by atoms with Gasteiger partial charge in [-0.25, -0.2) is 0 Å². The summed E-state index contributed by atoms with van der Waals surface area (Å²) < 4.78 is 0. The molecule has 0 saturated heterocycles. The Kier molecular flexibility index (Phi) is 3.12. The van der Waals surface area contributed by atoms with Crippen LogP contribution in [0.15, 0.2) is 18.2 Å². The van der Waals surface area contributed by atoms with Crippen molar-refractivity contribution in [1.29, 1.82) is 0 Å². The highest BCUT2D eigenvalue weighted by molar-refractivity contribution is 5.44. The largest absolute Gasteiger partial charge is 0.388 e. The highest BCUT2D eigenvalue weighted by atomic mass is 16.3. The first-order valence-corrected chi connectivity index (χ1v) is 8.38. The summed E-state index contributed by atoms with van der Waals surface area (Å²) in [4.78, 5) is 0. The van der Waals surface area contributed by atoms with Gasteiger partial charge in [0.1, 0.15) is 0 Å². The fraction of sp³-hybridized carbons (Fsp3) is 0.700. The predicted molar refractivity (Wildman–Crippen MR) is 88.6 cm³/mol. The molecule has 1 N–H and O–H groups in total. The van der Waals surface area contributed by atoms with Crippen molar-refractivity contribution < 1.29 is 5.11 Å². The molecule has 0 amide bonds. The molecule has 0 aliphatic heterocycles. The number of hydrogen-bond donors (Lipinski definition) is 1. The second-order valence-corrected chi connectivity index (χ2v) is 9.32. The Morgan fingerprint density at radius 1 is 0.952 bits per heavy atom. The average Bonchev–Trinajstić information content (AvgIpc) is 3.03. The maximum absolute atomic E-state index is 10.7. The molecule has 0 radical (unpaired) electrons. The summed E-state index contributed by atoms with van der Waals surface area (Å²) >= 11 is 0. The van der Waals surface area contributed by atoms with Crippen molar-refractivity contribution in [3.05, 3.63) is 34.9 Å². The second-order valence-electron chi connectivity index (χ2n) is 9.32. The van der Waals surface area contributed by atoms with Gasteiger partial charge in [0, 0.05) is 0 Å². The first-order chi connectivity index (χ1) is 9.55. The molecule has 116 valence electrons. The number of aliphatic hydroxyl groups is 1. The summed E-state index contributed by atoms with van der Waals surface area (Å²) in [5.41, 5.74) is 4.84. The van der Waals surface area contributed by atoms with Crippen LogP contribution in [0.5, 0.6) is 0 Å². The lowest BCUT2D eigenvalue weighted by atomic mass is 9.63. The highest BCUT2D eigenvalue weighted by Gasteiger charge is 2.50. The minimum Gasteiger partial charge on any atom is -0.388 e. The van der Waals surface area contributed by atoms with Gasteiger partial charge in [0.2, 0.25) is 0 Å². The van der Waals surface area contributed by atoms with Gasteiger partial charge in [0.05, 0.1) is 6.10 Å². The predicted octanol–water partition coefficient (Wildman–Crippen LogP) is 5.12. The lowest BCUT2D eigenvalue weighted by molar-refractivity contribution is 0.138. The first kappa shape index (κ1) is 15.1. The van der Waals surface area contributed by atoms with Crippen LogP contribution in [0.2, 0.25) is 0 Å². The molecule has 1 aromatic carbocycles. The standard InChI is InChI=1S/C20H30O/c1-18(2)9-10-19(3,4)15-11-13(7-8-14(15)18)17(21)16-12-20(16,5)6/h7-8,11,16-17,21H,9-10,12H2,1-6H3. The summed E-state index contributed by atoms with van der Waals surface area (Å²) in [5.74, 6) is 0.426. The molecule has 1 nitrogen and oxygen atoms in total. The van der Waals surface area contributed by atoms with Crippen LogP contribution in [0, 0.1) is 11.3 Å². The van der Waals surface area contributed by atoms with Gasteiger partial charge in [-0.3, -0.25) is 0 Å². The number of aliphatic hydroxyl groups excluding tert-OH is 1. The number of rotatable bonds is 2. The molecule has 3 rings (SSSR count). The Labute approximate surface area is 129 Å². The van der Waals surface area contributed by atoms with E-state index < -0.39 is 0 Å². The SMILES string of the molecule is CC1(C)CCC(C)(C)c2cc(C(O)C3CC3(C)C)ccc21. The van der Waals surface area contributed by atoms with Crippen LogP contribution in [0.25, 0.3) is 0 Å². The summed E-state index contributed by atoms with van der Waals surface area (Å²) in [6, 6.07) is 6.75. The van der Waals surface area contributed by atoms with Gasteiger partial charge in [0.25, 0.3) is 0 Å². The molecule has 2 aliphatic rings. The van der Waals surface area contributed by atoms with E-state index in [0.29, 0.717) is 11.3 Å². The minimum atomic E-state index is -0.300. The quantitative estimate of drug-likeness (QED) is 0.800. The van der Waals surface area contributed by atoms with E-state index in [4.69, 9.17) is 0 Å². The zero-order valence-electron chi connectivity index (χ0n) is 14.5. The van der Waals surface area contributed by atoms with Gasteiger partial charge >= 0.3 is 0 Å². The second kappa shape index (κ2) is 4.35. The fourth-order valence-electron chi connectivity index (χ4n) is 4.07. The summed E-state index contributed by atoms with van der Waals surface area (Å²) in [6.45, 7) is 13.9. The Bertz CT molecular complexity index is 565. The lowest BCUT2D eigenvalue weighted by Crippen LogP contribution is -2.34. The molecule has 1 aromatic rings. The normalized spacial score (nSPS) is 29.6. The number of hydrogen-bond acceptors (Lipinski definition) is 1. The van der Waals surface area contributed by atoms with Crippen molar-refractivity contribution in [2.75, 3.05) is 0 Å². The summed E-state index contributed by atoms with van der Waals surface area (Å²) in [6.07, 6.45) is 3.30. The fourth-order valence-corrected chi connectivity index (χ4v) is 4.07. The third-order valence-electron chi connectivity index (χ3n) is 6.19. The Morgan fingerprint density at radius 2 is 1.48 bits per heavy atom. The third kappa shape index (κ3) is 2.44. The molecule has 0 spiro atoms. The van der Waals surface area contributed by atoms with Gasteiger partial charge in [-0.2, -0.15) is 0 Å². The van der Waals surface area contributed by atoms with E-state index in [1.165, 1.54) is 24.0 Å². The van der Waals surface area contributed by atoms with E-state index in [0.717, 1.165) is 12.0 Å². The van der Waals surface area contributed by atoms with Crippen molar-refractivity contribution in [3.8, 4) is 0 Å². The van der Waals surface area contributed by atoms with Gasteiger partial charge in [-0.1, -0.05) is 59.7 Å². The maximum atomic E-state index is 10.7. The molecule has 21 heavy (non-hydrogen) atoms. The molecule has 1 heteroatoms. The van der Waals surface area contributed by atoms with Crippen LogP contribution in [0.4, 0.5) is 0 Å². The lowest BCUT2D eigenvalue weighted by Gasteiger charge is -2.42. The molecular formula is C20H30O. The Morgan fingerprint density at radius 3 is 2.00 bits per heavy atom. The van der Waals surface area contributed by atoms with E-state index in [1.807, 2.05) is 0 Å². The van der Waals surface area contributed by atoms with Crippen LogP contribution in [-0.4, -0.2) is 5.11 Å². The van der Waals surface area contributed by atoms with E-state index >= 15 is 0 Å². The van der Waals surface area contributed by atoms with Crippen LogP contribution in [0.1, 0.15) is 83.6 Å². The number of benzene rings is 1. The maximum Gasteiger partial charge on any atom is 0.0823 e. The Balaban J connectivity index is 2.00. The number of fused-ring (bicyclic) bond motifs is 1. The smallest absolute Gasteiger partial charge is 0.0823 e. The van der Waals surface area contributed by atoms with Crippen molar-refractivity contribution in [3.63, 3.8) is 0 Å². The molecule has 2 unspecified atom stereocenters. The van der Waals surface area contributed by atoms with Gasteiger partial charge < -0.3 is 5.11 Å². The molecule has 1 saturated carbocycles. The van der Waals surface area contributed by atoms with Gasteiger partial charge in [-0.15, -0.1) is 0 Å². The van der Waals surface area contributed by atoms with Crippen LogP contribution in [0.3, 0.4) is 0 Å². The van der Waals surface area contributed by atoms with Crippen molar-refractivity contribution in [2.24, 2.45) is 11.3 Å². The molecule has 2 aliphatic carbocycles. The molecule has 0 heterocycles. The van der Waals surface area contributed by atoms with Crippen molar-refractivity contribution >= 4 is 0 Å². The zero-order chi connectivity index (χ0) is 15.6. The minimum absolute atomic E-state index is 0.222. The summed E-state index contributed by atoms with van der Waals surface area (Å²) in [5, 5.41) is 10.7. The monoisotopic (exact) mass is 286 g/mol. The Hall–Kier alpha value is -0.820. The van der Waals surface area contributed by atoms with Gasteiger partial charge in [0.15, 0.2) is 0 Å². The molecule has 0 aromatic heterocycles. The highest BCUT2D eigenvalue weighted by Crippen LogP contribution is 2.58. The zero-order valence-corrected chi connectivity index (χ0v) is 14.5. The van der Waals surface area contributed by atoms with Crippen LogP contribution in [-0.2, 0) is 10.8 Å². The third-order valence-corrected chi connectivity index (χ3v) is 6.19. The van der Waals surface area contributed by atoms with E-state index in [2.05, 4.69) is 59.7 Å². The van der Waals surface area contributed by atoms with E-state index in [9.17, 15) is 5.11 Å². The van der Waals surface area contributed by atoms with Crippen LogP contribution >= 0.6 is 0 Å². The van der Waals surface area contributed by atoms with Crippen molar-refractivity contribution in [2.45, 2.75) is 77.7 Å². The van der Waals surface area contributed by atoms with E-state index in [-0.39, 0.29) is 16.9 Å². The average molecular weight is 286 g/mol. The topological polar surface area (TPSA) is 20.2 Å². The molecule has 1 fully saturated rings. The van der Waals surface area contributed by atoms with Crippen LogP contribution < -0.4 is 0 Å². The van der Waals surface area contributed by atoms with Gasteiger partial charge in [-0.05, 0) is 58.1 Å². The molecule has 0 bridgehead atoms. The van der Waals surface area contributed by atoms with E-state index in [1.54, 1.807) is 0 Å². The molecule has 2 atom stereocenters. The first-order valence-electron chi connectivity index (χ1n) is 8.38. The summed E-state index contributed by atoms with van der Waals surface area (Å²) in [7, 11) is 0. The van der Waals surface area contributed by atoms with Crippen molar-refractivity contribution in [1.82, 2.24) is 0 Å².